The van der Waals surface area contributed by atoms with Crippen molar-refractivity contribution in [3.63, 3.8) is 0 Å². The first-order valence-electron chi connectivity index (χ1n) is 4.87. The van der Waals surface area contributed by atoms with Crippen LogP contribution in [0, 0.1) is 10.1 Å². The van der Waals surface area contributed by atoms with Crippen LogP contribution in [0.25, 0.3) is 10.8 Å². The molecule has 2 aromatic heterocycles. The molecule has 0 aliphatic heterocycles. The summed E-state index contributed by atoms with van der Waals surface area (Å²) >= 11 is 0.885. The van der Waals surface area contributed by atoms with Gasteiger partial charge in [-0.2, -0.15) is 0 Å². The molecular formula is C9H7N3O5S. The van der Waals surface area contributed by atoms with Crippen molar-refractivity contribution in [2.45, 2.75) is 6.92 Å². The molecule has 0 atom stereocenters. The Morgan fingerprint density at radius 1 is 1.56 bits per heavy atom. The SMILES string of the molecule is CCOC(=O)c1nnc(-c2ccc([N+](=O)[O-])s2)o1. The number of nitrogens with zero attached hydrogens (tertiary/aromatic N) is 3. The second kappa shape index (κ2) is 4.92. The minimum absolute atomic E-state index is 0.0408. The normalized spacial score (nSPS) is 10.3. The number of carbonyl (C=O) groups excluding carboxylic acids is 1. The Bertz CT molecular complexity index is 591. The van der Waals surface area contributed by atoms with E-state index >= 15 is 0 Å². The molecule has 2 aromatic rings. The molecule has 8 nitrogen and oxygen atoms in total. The van der Waals surface area contributed by atoms with Gasteiger partial charge in [-0.05, 0) is 13.0 Å². The van der Waals surface area contributed by atoms with Gasteiger partial charge in [-0.15, -0.1) is 10.2 Å². The summed E-state index contributed by atoms with van der Waals surface area (Å²) < 4.78 is 9.75. The van der Waals surface area contributed by atoms with Gasteiger partial charge < -0.3 is 9.15 Å². The Balaban J connectivity index is 2.23. The number of nitro groups is 1. The molecule has 0 saturated heterocycles. The first kappa shape index (κ1) is 12.2. The van der Waals surface area contributed by atoms with Gasteiger partial charge in [0.1, 0.15) is 0 Å². The lowest BCUT2D eigenvalue weighted by Crippen LogP contribution is -2.04. The quantitative estimate of drug-likeness (QED) is 0.473. The number of thiophene rings is 1. The van der Waals surface area contributed by atoms with Crippen LogP contribution in [0.15, 0.2) is 16.5 Å². The van der Waals surface area contributed by atoms with E-state index in [1.807, 2.05) is 0 Å². The predicted octanol–water partition coefficient (Wildman–Crippen LogP) is 1.88. The monoisotopic (exact) mass is 269 g/mol. The van der Waals surface area contributed by atoms with Gasteiger partial charge in [0.05, 0.1) is 16.4 Å². The van der Waals surface area contributed by atoms with E-state index in [9.17, 15) is 14.9 Å². The van der Waals surface area contributed by atoms with E-state index < -0.39 is 10.9 Å². The van der Waals surface area contributed by atoms with E-state index in [1.165, 1.54) is 12.1 Å². The lowest BCUT2D eigenvalue weighted by atomic mass is 10.5. The van der Waals surface area contributed by atoms with Crippen molar-refractivity contribution >= 4 is 22.3 Å². The van der Waals surface area contributed by atoms with Gasteiger partial charge in [-0.25, -0.2) is 4.79 Å². The van der Waals surface area contributed by atoms with Crippen LogP contribution in [-0.2, 0) is 4.74 Å². The van der Waals surface area contributed by atoms with Crippen LogP contribution in [0.1, 0.15) is 17.6 Å². The average molecular weight is 269 g/mol. The molecule has 18 heavy (non-hydrogen) atoms. The van der Waals surface area contributed by atoms with Crippen LogP contribution >= 0.6 is 11.3 Å². The Hall–Kier alpha value is -2.29. The molecule has 2 rings (SSSR count). The third kappa shape index (κ3) is 2.35. The zero-order valence-electron chi connectivity index (χ0n) is 9.15. The van der Waals surface area contributed by atoms with Crippen LogP contribution in [0.4, 0.5) is 5.00 Å². The zero-order chi connectivity index (χ0) is 13.1. The maximum absolute atomic E-state index is 11.3. The number of aromatic nitrogens is 2. The summed E-state index contributed by atoms with van der Waals surface area (Å²) in [5, 5.41) is 17.6. The van der Waals surface area contributed by atoms with Gasteiger partial charge in [0, 0.05) is 6.07 Å². The molecule has 0 spiro atoms. The second-order valence-corrected chi connectivity index (χ2v) is 4.09. The third-order valence-corrected chi connectivity index (χ3v) is 2.88. The fourth-order valence-corrected chi connectivity index (χ4v) is 1.88. The van der Waals surface area contributed by atoms with Crippen LogP contribution in [0.2, 0.25) is 0 Å². The highest BCUT2D eigenvalue weighted by Gasteiger charge is 2.19. The smallest absolute Gasteiger partial charge is 0.396 e. The highest BCUT2D eigenvalue weighted by molar-refractivity contribution is 7.18. The predicted molar refractivity (Wildman–Crippen MR) is 60.2 cm³/mol. The molecule has 0 aliphatic rings. The maximum Gasteiger partial charge on any atom is 0.396 e. The van der Waals surface area contributed by atoms with Crippen LogP contribution in [0.5, 0.6) is 0 Å². The summed E-state index contributed by atoms with van der Waals surface area (Å²) in [7, 11) is 0. The fraction of sp³-hybridized carbons (Fsp3) is 0.222. The summed E-state index contributed by atoms with van der Waals surface area (Å²) in [6.45, 7) is 1.85. The van der Waals surface area contributed by atoms with Crippen molar-refractivity contribution in [1.29, 1.82) is 0 Å². The molecule has 2 heterocycles. The van der Waals surface area contributed by atoms with Gasteiger partial charge in [-0.1, -0.05) is 11.3 Å². The first-order valence-corrected chi connectivity index (χ1v) is 5.68. The van der Waals surface area contributed by atoms with Crippen LogP contribution in [-0.4, -0.2) is 27.7 Å². The van der Waals surface area contributed by atoms with Crippen LogP contribution in [0.3, 0.4) is 0 Å². The minimum atomic E-state index is -0.720. The van der Waals surface area contributed by atoms with Crippen molar-refractivity contribution in [2.75, 3.05) is 6.61 Å². The van der Waals surface area contributed by atoms with Gasteiger partial charge in [0.2, 0.25) is 0 Å². The van der Waals surface area contributed by atoms with Gasteiger partial charge >= 0.3 is 16.9 Å². The molecule has 0 aromatic carbocycles. The largest absolute Gasteiger partial charge is 0.459 e. The number of rotatable bonds is 4. The van der Waals surface area contributed by atoms with Crippen molar-refractivity contribution < 1.29 is 18.9 Å². The van der Waals surface area contributed by atoms with E-state index in [0.717, 1.165) is 11.3 Å². The molecule has 9 heteroatoms. The van der Waals surface area contributed by atoms with Crippen molar-refractivity contribution in [3.8, 4) is 10.8 Å². The summed E-state index contributed by atoms with van der Waals surface area (Å²) in [6.07, 6.45) is 0. The Labute approximate surface area is 104 Å². The number of carbonyl (C=O) groups is 1. The molecule has 0 amide bonds. The van der Waals surface area contributed by atoms with Crippen molar-refractivity contribution in [2.24, 2.45) is 0 Å². The van der Waals surface area contributed by atoms with E-state index in [-0.39, 0.29) is 23.4 Å². The lowest BCUT2D eigenvalue weighted by molar-refractivity contribution is -0.380. The van der Waals surface area contributed by atoms with Crippen molar-refractivity contribution in [1.82, 2.24) is 10.2 Å². The molecule has 0 N–H and O–H groups in total. The molecule has 0 saturated carbocycles. The van der Waals surface area contributed by atoms with E-state index in [0.29, 0.717) is 4.88 Å². The average Bonchev–Trinajstić information content (AvgIpc) is 2.98. The van der Waals surface area contributed by atoms with Gasteiger partial charge in [0.15, 0.2) is 0 Å². The molecule has 0 unspecified atom stereocenters. The number of hydrogen-bond donors (Lipinski definition) is 0. The zero-order valence-corrected chi connectivity index (χ0v) is 9.97. The molecular weight excluding hydrogens is 262 g/mol. The Morgan fingerprint density at radius 3 is 2.94 bits per heavy atom. The fourth-order valence-electron chi connectivity index (χ4n) is 1.14. The highest BCUT2D eigenvalue weighted by Crippen LogP contribution is 2.31. The molecule has 94 valence electrons. The number of hydrogen-bond acceptors (Lipinski definition) is 8. The lowest BCUT2D eigenvalue weighted by Gasteiger charge is -1.93. The topological polar surface area (TPSA) is 108 Å². The molecule has 0 bridgehead atoms. The van der Waals surface area contributed by atoms with E-state index in [2.05, 4.69) is 14.9 Å². The van der Waals surface area contributed by atoms with E-state index in [1.54, 1.807) is 6.92 Å². The summed E-state index contributed by atoms with van der Waals surface area (Å²) in [6, 6.07) is 2.81. The molecule has 0 aliphatic carbocycles. The Kier molecular flexibility index (Phi) is 3.33. The second-order valence-electron chi connectivity index (χ2n) is 3.03. The maximum atomic E-state index is 11.3. The standard InChI is InChI=1S/C9H7N3O5S/c1-2-16-9(13)8-11-10-7(17-8)5-3-4-6(18-5)12(14)15/h3-4H,2H2,1H3. The van der Waals surface area contributed by atoms with Crippen molar-refractivity contribution in [3.05, 3.63) is 28.1 Å². The van der Waals surface area contributed by atoms with E-state index in [4.69, 9.17) is 4.42 Å². The van der Waals surface area contributed by atoms with Gasteiger partial charge in [0.25, 0.3) is 5.89 Å². The number of esters is 1. The third-order valence-electron chi connectivity index (χ3n) is 1.86. The van der Waals surface area contributed by atoms with Crippen LogP contribution < -0.4 is 0 Å². The molecule has 0 fully saturated rings. The highest BCUT2D eigenvalue weighted by atomic mass is 32.1. The minimum Gasteiger partial charge on any atom is -0.459 e. The summed E-state index contributed by atoms with van der Waals surface area (Å²) in [4.78, 5) is 21.7. The molecule has 0 radical (unpaired) electrons. The van der Waals surface area contributed by atoms with Gasteiger partial charge in [-0.3, -0.25) is 10.1 Å². The summed E-state index contributed by atoms with van der Waals surface area (Å²) in [5.41, 5.74) is 0. The first-order chi connectivity index (χ1) is 8.61. The Morgan fingerprint density at radius 2 is 2.33 bits per heavy atom. The number of ether oxygens (including phenoxy) is 1. The summed E-state index contributed by atoms with van der Waals surface area (Å²) in [5.74, 6) is -0.943.